The summed E-state index contributed by atoms with van der Waals surface area (Å²) in [4.78, 5) is 18.8. The second-order valence-electron chi connectivity index (χ2n) is 4.69. The molecule has 0 aliphatic heterocycles. The standard InChI is InChI=1S/C11H14N4O2/c1-11(2,3)8(15-10(16)17)9-13-5-7(4-12)6-14-9/h5-6,8,15H,1-3H3,(H,16,17). The predicted octanol–water partition coefficient (Wildman–Crippen LogP) is 1.70. The fourth-order valence-electron chi connectivity index (χ4n) is 1.34. The van der Waals surface area contributed by atoms with Crippen LogP contribution in [-0.2, 0) is 0 Å². The fourth-order valence-corrected chi connectivity index (χ4v) is 1.34. The van der Waals surface area contributed by atoms with Crippen molar-refractivity contribution in [3.8, 4) is 6.07 Å². The molecule has 1 atom stereocenters. The van der Waals surface area contributed by atoms with E-state index in [1.54, 1.807) is 0 Å². The summed E-state index contributed by atoms with van der Waals surface area (Å²) >= 11 is 0. The number of aromatic nitrogens is 2. The first kappa shape index (κ1) is 12.9. The molecule has 90 valence electrons. The summed E-state index contributed by atoms with van der Waals surface area (Å²) < 4.78 is 0. The summed E-state index contributed by atoms with van der Waals surface area (Å²) in [5.74, 6) is 0.360. The number of carboxylic acid groups (broad SMARTS) is 1. The van der Waals surface area contributed by atoms with E-state index in [0.717, 1.165) is 0 Å². The second kappa shape index (κ2) is 4.78. The van der Waals surface area contributed by atoms with E-state index in [1.807, 2.05) is 26.8 Å². The van der Waals surface area contributed by atoms with Crippen molar-refractivity contribution in [2.24, 2.45) is 5.41 Å². The molecule has 0 aliphatic carbocycles. The molecule has 1 rings (SSSR count). The van der Waals surface area contributed by atoms with Gasteiger partial charge >= 0.3 is 6.09 Å². The van der Waals surface area contributed by atoms with Crippen LogP contribution in [0.2, 0.25) is 0 Å². The van der Waals surface area contributed by atoms with Gasteiger partial charge in [-0.1, -0.05) is 20.8 Å². The fraction of sp³-hybridized carbons (Fsp3) is 0.455. The van der Waals surface area contributed by atoms with Gasteiger partial charge in [-0.25, -0.2) is 14.8 Å². The van der Waals surface area contributed by atoms with Crippen LogP contribution in [0.3, 0.4) is 0 Å². The number of nitrogens with one attached hydrogen (secondary N) is 1. The van der Waals surface area contributed by atoms with Crippen molar-refractivity contribution in [2.75, 3.05) is 0 Å². The lowest BCUT2D eigenvalue weighted by atomic mass is 9.86. The number of nitriles is 1. The largest absolute Gasteiger partial charge is 0.465 e. The van der Waals surface area contributed by atoms with Gasteiger partial charge in [-0.2, -0.15) is 5.26 Å². The first-order chi connectivity index (χ1) is 7.84. The van der Waals surface area contributed by atoms with E-state index in [-0.39, 0.29) is 5.41 Å². The molecule has 1 amide bonds. The van der Waals surface area contributed by atoms with Gasteiger partial charge in [0.1, 0.15) is 6.07 Å². The van der Waals surface area contributed by atoms with Gasteiger partial charge in [0.15, 0.2) is 5.82 Å². The van der Waals surface area contributed by atoms with Crippen LogP contribution in [0.4, 0.5) is 4.79 Å². The van der Waals surface area contributed by atoms with Crippen molar-refractivity contribution in [3.63, 3.8) is 0 Å². The van der Waals surface area contributed by atoms with Gasteiger partial charge in [0.25, 0.3) is 0 Å². The van der Waals surface area contributed by atoms with Crippen LogP contribution in [0.1, 0.15) is 38.2 Å². The smallest absolute Gasteiger partial charge is 0.405 e. The summed E-state index contributed by atoms with van der Waals surface area (Å²) in [6.07, 6.45) is 1.63. The Kier molecular flexibility index (Phi) is 3.63. The van der Waals surface area contributed by atoms with Crippen LogP contribution in [0.5, 0.6) is 0 Å². The molecule has 6 heteroatoms. The molecule has 0 saturated carbocycles. The molecule has 1 heterocycles. The molecule has 0 bridgehead atoms. The number of hydrogen-bond acceptors (Lipinski definition) is 4. The lowest BCUT2D eigenvalue weighted by Gasteiger charge is -2.28. The van der Waals surface area contributed by atoms with Crippen LogP contribution in [0.25, 0.3) is 0 Å². The molecular formula is C11H14N4O2. The molecule has 17 heavy (non-hydrogen) atoms. The molecular weight excluding hydrogens is 220 g/mol. The quantitative estimate of drug-likeness (QED) is 0.811. The van der Waals surface area contributed by atoms with Crippen LogP contribution >= 0.6 is 0 Å². The third-order valence-electron chi connectivity index (χ3n) is 2.19. The molecule has 1 aromatic heterocycles. The van der Waals surface area contributed by atoms with Crippen molar-refractivity contribution >= 4 is 6.09 Å². The van der Waals surface area contributed by atoms with Gasteiger partial charge in [-0.05, 0) is 5.41 Å². The number of amides is 1. The first-order valence-electron chi connectivity index (χ1n) is 5.06. The maximum absolute atomic E-state index is 10.7. The van der Waals surface area contributed by atoms with Gasteiger partial charge in [0, 0.05) is 12.4 Å². The van der Waals surface area contributed by atoms with Crippen LogP contribution in [-0.4, -0.2) is 21.2 Å². The number of nitrogens with zero attached hydrogens (tertiary/aromatic N) is 3. The monoisotopic (exact) mass is 234 g/mol. The number of carbonyl (C=O) groups is 1. The topological polar surface area (TPSA) is 98.9 Å². The Morgan fingerprint density at radius 3 is 2.35 bits per heavy atom. The van der Waals surface area contributed by atoms with Gasteiger partial charge in [-0.3, -0.25) is 0 Å². The number of hydrogen-bond donors (Lipinski definition) is 2. The Morgan fingerprint density at radius 2 is 2.00 bits per heavy atom. The number of rotatable bonds is 2. The highest BCUT2D eigenvalue weighted by atomic mass is 16.4. The van der Waals surface area contributed by atoms with E-state index in [2.05, 4.69) is 15.3 Å². The molecule has 1 aromatic rings. The zero-order chi connectivity index (χ0) is 13.1. The van der Waals surface area contributed by atoms with Crippen molar-refractivity contribution in [1.82, 2.24) is 15.3 Å². The van der Waals surface area contributed by atoms with Crippen LogP contribution in [0.15, 0.2) is 12.4 Å². The zero-order valence-corrected chi connectivity index (χ0v) is 9.93. The lowest BCUT2D eigenvalue weighted by molar-refractivity contribution is 0.173. The molecule has 6 nitrogen and oxygen atoms in total. The van der Waals surface area contributed by atoms with Gasteiger partial charge < -0.3 is 10.4 Å². The molecule has 0 fully saturated rings. The normalized spacial score (nSPS) is 12.6. The summed E-state index contributed by atoms with van der Waals surface area (Å²) in [5, 5.41) is 19.8. The highest BCUT2D eigenvalue weighted by Gasteiger charge is 2.30. The minimum absolute atomic E-state index is 0.344. The molecule has 0 spiro atoms. The Balaban J connectivity index is 3.05. The van der Waals surface area contributed by atoms with Crippen molar-refractivity contribution < 1.29 is 9.90 Å². The third-order valence-corrected chi connectivity index (χ3v) is 2.19. The summed E-state index contributed by atoms with van der Waals surface area (Å²) in [6, 6.07) is 1.39. The molecule has 0 aromatic carbocycles. The van der Waals surface area contributed by atoms with Crippen molar-refractivity contribution in [2.45, 2.75) is 26.8 Å². The Morgan fingerprint density at radius 1 is 1.47 bits per heavy atom. The van der Waals surface area contributed by atoms with Gasteiger partial charge in [-0.15, -0.1) is 0 Å². The second-order valence-corrected chi connectivity index (χ2v) is 4.69. The first-order valence-corrected chi connectivity index (χ1v) is 5.06. The summed E-state index contributed by atoms with van der Waals surface area (Å²) in [7, 11) is 0. The average Bonchev–Trinajstić information content (AvgIpc) is 2.24. The minimum Gasteiger partial charge on any atom is -0.465 e. The van der Waals surface area contributed by atoms with E-state index in [1.165, 1.54) is 12.4 Å². The van der Waals surface area contributed by atoms with Crippen molar-refractivity contribution in [1.29, 1.82) is 5.26 Å². The minimum atomic E-state index is -1.13. The maximum Gasteiger partial charge on any atom is 0.405 e. The molecule has 0 radical (unpaired) electrons. The van der Waals surface area contributed by atoms with E-state index in [4.69, 9.17) is 10.4 Å². The third kappa shape index (κ3) is 3.41. The predicted molar refractivity (Wildman–Crippen MR) is 60.1 cm³/mol. The van der Waals surface area contributed by atoms with Crippen molar-refractivity contribution in [3.05, 3.63) is 23.8 Å². The SMILES string of the molecule is CC(C)(C)C(NC(=O)O)c1ncc(C#N)cn1. The summed E-state index contributed by atoms with van der Waals surface area (Å²) in [5.41, 5.74) is -0.0104. The Hall–Kier alpha value is -2.16. The van der Waals surface area contributed by atoms with Gasteiger partial charge in [0.2, 0.25) is 0 Å². The van der Waals surface area contributed by atoms with E-state index in [0.29, 0.717) is 11.4 Å². The van der Waals surface area contributed by atoms with Gasteiger partial charge in [0.05, 0.1) is 11.6 Å². The maximum atomic E-state index is 10.7. The molecule has 1 unspecified atom stereocenters. The zero-order valence-electron chi connectivity index (χ0n) is 9.93. The van der Waals surface area contributed by atoms with Crippen LogP contribution in [0, 0.1) is 16.7 Å². The highest BCUT2D eigenvalue weighted by Crippen LogP contribution is 2.30. The Bertz CT molecular complexity index is 442. The Labute approximate surface area is 99.3 Å². The molecule has 0 aliphatic rings. The van der Waals surface area contributed by atoms with E-state index >= 15 is 0 Å². The lowest BCUT2D eigenvalue weighted by Crippen LogP contribution is -2.36. The van der Waals surface area contributed by atoms with E-state index in [9.17, 15) is 4.79 Å². The van der Waals surface area contributed by atoms with E-state index < -0.39 is 12.1 Å². The molecule has 0 saturated heterocycles. The molecule has 2 N–H and O–H groups in total. The highest BCUT2D eigenvalue weighted by molar-refractivity contribution is 5.65. The van der Waals surface area contributed by atoms with Crippen LogP contribution < -0.4 is 5.32 Å². The summed E-state index contributed by atoms with van der Waals surface area (Å²) in [6.45, 7) is 5.65. The average molecular weight is 234 g/mol.